The monoisotopic (exact) mass is 533 g/mol. The molecule has 0 spiro atoms. The van der Waals surface area contributed by atoms with Crippen LogP contribution in [-0.2, 0) is 0 Å². The van der Waals surface area contributed by atoms with Crippen molar-refractivity contribution in [3.8, 4) is 51.6 Å². The molecule has 1 atom stereocenters. The van der Waals surface area contributed by atoms with Crippen molar-refractivity contribution in [2.75, 3.05) is 0 Å². The van der Waals surface area contributed by atoms with Crippen LogP contribution in [0.1, 0.15) is 45.7 Å². The highest BCUT2D eigenvalue weighted by Crippen LogP contribution is 2.52. The first-order valence-electron chi connectivity index (χ1n) is 13.9. The Morgan fingerprint density at radius 3 is 1.50 bits per heavy atom. The molecule has 0 aliphatic heterocycles. The molecule has 0 N–H and O–H groups in total. The lowest BCUT2D eigenvalue weighted by Crippen LogP contribution is -2.13. The Morgan fingerprint density at radius 1 is 0.476 bits per heavy atom. The van der Waals surface area contributed by atoms with E-state index >= 15 is 0 Å². The van der Waals surface area contributed by atoms with E-state index < -0.39 is 0 Å². The average Bonchev–Trinajstić information content (AvgIpc) is 3.07. The number of fused-ring (bicyclic) bond motifs is 6. The maximum Gasteiger partial charge on any atom is 0.0991 e. The van der Waals surface area contributed by atoms with Gasteiger partial charge in [0, 0.05) is 5.92 Å². The van der Waals surface area contributed by atoms with Crippen molar-refractivity contribution >= 4 is 11.1 Å². The Labute approximate surface area is 245 Å². The molecule has 2 aliphatic carbocycles. The van der Waals surface area contributed by atoms with Gasteiger partial charge in [0.2, 0.25) is 0 Å². The number of rotatable bonds is 3. The molecule has 1 unspecified atom stereocenters. The minimum Gasteiger partial charge on any atom is -0.192 e. The minimum atomic E-state index is 0.216. The van der Waals surface area contributed by atoms with Crippen LogP contribution in [0.25, 0.3) is 44.5 Å². The van der Waals surface area contributed by atoms with E-state index in [1.807, 2.05) is 72.8 Å². The summed E-state index contributed by atoms with van der Waals surface area (Å²) in [5, 5.41) is 27.8. The van der Waals surface area contributed by atoms with Crippen molar-refractivity contribution in [2.45, 2.75) is 12.3 Å². The number of nitrogens with zero attached hydrogens (tertiary/aromatic N) is 3. The minimum absolute atomic E-state index is 0.216. The van der Waals surface area contributed by atoms with E-state index in [-0.39, 0.29) is 5.92 Å². The molecule has 2 aliphatic rings. The van der Waals surface area contributed by atoms with Gasteiger partial charge in [-0.3, -0.25) is 0 Å². The van der Waals surface area contributed by atoms with Gasteiger partial charge in [-0.15, -0.1) is 0 Å². The molecule has 0 fully saturated rings. The van der Waals surface area contributed by atoms with Gasteiger partial charge in [-0.2, -0.15) is 15.8 Å². The summed E-state index contributed by atoms with van der Waals surface area (Å²) in [7, 11) is 0. The highest BCUT2D eigenvalue weighted by Gasteiger charge is 2.31. The van der Waals surface area contributed by atoms with Gasteiger partial charge >= 0.3 is 0 Å². The Morgan fingerprint density at radius 2 is 0.952 bits per heavy atom. The van der Waals surface area contributed by atoms with E-state index in [1.54, 1.807) is 0 Å². The SMILES string of the molecule is N#Cc1ccc(C2=CCC3C(=C2)c2ccc(-c4ccc(C#N)cc4)cc2-c2ccc(-c4ccc(C#N)cc4)cc23)cc1. The Bertz CT molecular complexity index is 2060. The second-order valence-electron chi connectivity index (χ2n) is 10.7. The van der Waals surface area contributed by atoms with Gasteiger partial charge in [0.25, 0.3) is 0 Å². The summed E-state index contributed by atoms with van der Waals surface area (Å²) in [4.78, 5) is 0. The van der Waals surface area contributed by atoms with Crippen LogP contribution in [0.15, 0.2) is 121 Å². The van der Waals surface area contributed by atoms with Crippen molar-refractivity contribution in [1.29, 1.82) is 15.8 Å². The third-order valence-corrected chi connectivity index (χ3v) is 8.35. The number of benzene rings is 5. The van der Waals surface area contributed by atoms with Gasteiger partial charge in [0.1, 0.15) is 0 Å². The fourth-order valence-electron chi connectivity index (χ4n) is 6.15. The summed E-state index contributed by atoms with van der Waals surface area (Å²) in [6.07, 6.45) is 5.50. The van der Waals surface area contributed by atoms with Crippen molar-refractivity contribution in [1.82, 2.24) is 0 Å². The molecule has 3 heteroatoms. The standard InChI is InChI=1S/C39H23N3/c40-22-25-1-7-28(8-2-25)31-13-16-34-37(19-31)35-17-14-32(29-9-3-26(23-41)4-10-29)21-39(35)36-18-15-33(20-38(34)36)30-11-5-27(24-42)6-12-30/h1-17,19-21,36H,18H2. The largest absolute Gasteiger partial charge is 0.192 e. The second kappa shape index (κ2) is 10.2. The molecule has 0 bridgehead atoms. The molecular formula is C39H23N3. The van der Waals surface area contributed by atoms with Crippen LogP contribution in [0.4, 0.5) is 0 Å². The lowest BCUT2D eigenvalue weighted by molar-refractivity contribution is 0.871. The first-order valence-corrected chi connectivity index (χ1v) is 13.9. The summed E-state index contributed by atoms with van der Waals surface area (Å²) >= 11 is 0. The molecule has 0 aromatic heterocycles. The van der Waals surface area contributed by atoms with Gasteiger partial charge in [-0.25, -0.2) is 0 Å². The van der Waals surface area contributed by atoms with Gasteiger partial charge in [0.15, 0.2) is 0 Å². The van der Waals surface area contributed by atoms with Crippen LogP contribution < -0.4 is 0 Å². The number of nitriles is 3. The highest BCUT2D eigenvalue weighted by molar-refractivity contribution is 5.98. The summed E-state index contributed by atoms with van der Waals surface area (Å²) in [6.45, 7) is 0. The third kappa shape index (κ3) is 4.30. The lowest BCUT2D eigenvalue weighted by atomic mass is 9.70. The fourth-order valence-corrected chi connectivity index (χ4v) is 6.15. The highest BCUT2D eigenvalue weighted by atomic mass is 14.3. The predicted molar refractivity (Wildman–Crippen MR) is 167 cm³/mol. The molecule has 0 saturated heterocycles. The summed E-state index contributed by atoms with van der Waals surface area (Å²) in [5.74, 6) is 0.216. The van der Waals surface area contributed by atoms with Crippen LogP contribution in [0, 0.1) is 34.0 Å². The molecule has 42 heavy (non-hydrogen) atoms. The number of hydrogen-bond acceptors (Lipinski definition) is 3. The third-order valence-electron chi connectivity index (χ3n) is 8.35. The second-order valence-corrected chi connectivity index (χ2v) is 10.7. The first kappa shape index (κ1) is 25.0. The maximum absolute atomic E-state index is 9.25. The summed E-state index contributed by atoms with van der Waals surface area (Å²) < 4.78 is 0. The first-order chi connectivity index (χ1) is 20.6. The lowest BCUT2D eigenvalue weighted by Gasteiger charge is -2.33. The van der Waals surface area contributed by atoms with Crippen LogP contribution in [0.2, 0.25) is 0 Å². The van der Waals surface area contributed by atoms with Crippen LogP contribution in [0.3, 0.4) is 0 Å². The quantitative estimate of drug-likeness (QED) is 0.232. The number of hydrogen-bond donors (Lipinski definition) is 0. The van der Waals surface area contributed by atoms with E-state index in [0.717, 1.165) is 34.2 Å². The van der Waals surface area contributed by atoms with E-state index in [1.165, 1.54) is 33.4 Å². The fraction of sp³-hybridized carbons (Fsp3) is 0.0513. The van der Waals surface area contributed by atoms with E-state index in [2.05, 4.69) is 66.8 Å². The average molecular weight is 534 g/mol. The topological polar surface area (TPSA) is 71.4 Å². The molecule has 0 saturated carbocycles. The van der Waals surface area contributed by atoms with Gasteiger partial charge in [-0.1, -0.05) is 72.8 Å². The van der Waals surface area contributed by atoms with Crippen LogP contribution >= 0.6 is 0 Å². The molecule has 0 radical (unpaired) electrons. The van der Waals surface area contributed by atoms with E-state index in [4.69, 9.17) is 0 Å². The van der Waals surface area contributed by atoms with Crippen molar-refractivity contribution < 1.29 is 0 Å². The van der Waals surface area contributed by atoms with E-state index in [0.29, 0.717) is 16.7 Å². The Hall–Kier alpha value is -5.95. The van der Waals surface area contributed by atoms with Gasteiger partial charge < -0.3 is 0 Å². The Kier molecular flexibility index (Phi) is 6.10. The zero-order valence-corrected chi connectivity index (χ0v) is 22.7. The van der Waals surface area contributed by atoms with Gasteiger partial charge in [0.05, 0.1) is 34.9 Å². The molecule has 5 aromatic carbocycles. The summed E-state index contributed by atoms with van der Waals surface area (Å²) in [6, 6.07) is 43.3. The normalized spacial score (nSPS) is 14.5. The molecule has 194 valence electrons. The molecule has 7 rings (SSSR count). The molecule has 0 amide bonds. The smallest absolute Gasteiger partial charge is 0.0991 e. The predicted octanol–water partition coefficient (Wildman–Crippen LogP) is 9.27. The molecule has 3 nitrogen and oxygen atoms in total. The van der Waals surface area contributed by atoms with Gasteiger partial charge in [-0.05, 0) is 116 Å². The Balaban J connectivity index is 1.38. The zero-order valence-electron chi connectivity index (χ0n) is 22.7. The summed E-state index contributed by atoms with van der Waals surface area (Å²) in [5.41, 5.74) is 14.9. The number of allylic oxidation sites excluding steroid dienone is 4. The molecular weight excluding hydrogens is 510 g/mol. The van der Waals surface area contributed by atoms with Crippen molar-refractivity contribution in [3.05, 3.63) is 155 Å². The van der Waals surface area contributed by atoms with E-state index in [9.17, 15) is 15.8 Å². The van der Waals surface area contributed by atoms with Crippen LogP contribution in [-0.4, -0.2) is 0 Å². The van der Waals surface area contributed by atoms with Crippen molar-refractivity contribution in [3.63, 3.8) is 0 Å². The molecule has 5 aromatic rings. The zero-order chi connectivity index (χ0) is 28.6. The maximum atomic E-state index is 9.25. The van der Waals surface area contributed by atoms with Crippen molar-refractivity contribution in [2.24, 2.45) is 0 Å². The molecule has 0 heterocycles. The van der Waals surface area contributed by atoms with Crippen LogP contribution in [0.5, 0.6) is 0 Å².